The van der Waals surface area contributed by atoms with Crippen LogP contribution in [0.3, 0.4) is 0 Å². The molecule has 0 spiro atoms. The highest BCUT2D eigenvalue weighted by Crippen LogP contribution is 2.46. The Kier molecular flexibility index (Phi) is 46.5. The number of methoxy groups -OCH3 is 4. The Labute approximate surface area is 890 Å². The van der Waals surface area contributed by atoms with Crippen LogP contribution >= 0.6 is 0 Å². The summed E-state index contributed by atoms with van der Waals surface area (Å²) in [4.78, 5) is 64.1. The molecule has 7 aliphatic heterocycles. The third kappa shape index (κ3) is 33.4. The SMILES string of the molecule is C.COCCCCC(c1cccc(F)c1-c1cccc(C)c1)[C@H]1CN(C(=O)N2C[C@H](O[Si](C)(C)C(C)(C)C)[C@H](NC(=O)OC(C)(C)C)C2)CCO1.COCCCCC(c1cccc(F)c1-c1cccc(C)c1)[C@H]1CNCCO1.COCCCC[C@@H](c1cccc(F)c1-c1cccc(C)c1)[C@H]1CN(C(=O)N2C[C@@H](N)[C@@H](O)C2)CCO1.COCCCC[C@H](c1cccc(F)c1-c1cccc(C)c1)[C@H]1CN(C(=O)N2C[C@@H](N)[C@@H](O)C2)CCO1. The highest BCUT2D eigenvalue weighted by Gasteiger charge is 2.48. The zero-order valence-corrected chi connectivity index (χ0v) is 91.8. The van der Waals surface area contributed by atoms with Crippen LogP contribution in [0.4, 0.5) is 36.7 Å². The lowest BCUT2D eigenvalue weighted by Gasteiger charge is -2.40. The number of alkyl carbamates (subject to hydrolysis) is 1. The average Bonchev–Trinajstić information content (AvgIpc) is 1.12. The van der Waals surface area contributed by atoms with Gasteiger partial charge in [0.25, 0.3) is 0 Å². The van der Waals surface area contributed by atoms with Gasteiger partial charge in [-0.25, -0.2) is 36.7 Å². The molecule has 8 N–H and O–H groups in total. The molecule has 7 amide bonds. The number of nitrogens with one attached hydrogen (secondary N) is 2. The number of halogens is 4. The van der Waals surface area contributed by atoms with Crippen LogP contribution in [0.15, 0.2) is 170 Å². The van der Waals surface area contributed by atoms with Crippen LogP contribution in [0.5, 0.6) is 0 Å². The van der Waals surface area contributed by atoms with Crippen molar-refractivity contribution >= 4 is 32.5 Å². The number of β-amino-alcohol motifs (C(OH)–C–C–N with tert-alkyl or cyclic N) is 2. The minimum absolute atomic E-state index is 0. The number of likely N-dealkylation sites (tertiary alicyclic amines) is 3. The highest BCUT2D eigenvalue weighted by atomic mass is 28.4. The van der Waals surface area contributed by atoms with Crippen molar-refractivity contribution in [2.45, 2.75) is 262 Å². The summed E-state index contributed by atoms with van der Waals surface area (Å²) >= 11 is 0. The van der Waals surface area contributed by atoms with Gasteiger partial charge < -0.3 is 109 Å². The molecular weight excluding hydrogens is 1930 g/mol. The number of hydrogen-bond acceptors (Lipinski definition) is 19. The van der Waals surface area contributed by atoms with Crippen molar-refractivity contribution in [1.29, 1.82) is 0 Å². The number of carbonyl (C=O) groups excluding carboxylic acids is 4. The molecule has 2 unspecified atom stereocenters. The minimum atomic E-state index is -2.24. The molecule has 0 aliphatic carbocycles. The Morgan fingerprint density at radius 2 is 0.713 bits per heavy atom. The topological polar surface area (TPSA) is 297 Å². The van der Waals surface area contributed by atoms with Crippen LogP contribution in [-0.4, -0.2) is 311 Å². The van der Waals surface area contributed by atoms with E-state index in [1.165, 1.54) is 18.2 Å². The van der Waals surface area contributed by atoms with Crippen LogP contribution < -0.4 is 22.1 Å². The molecule has 150 heavy (non-hydrogen) atoms. The van der Waals surface area contributed by atoms with E-state index in [1.54, 1.807) is 77.2 Å². The van der Waals surface area contributed by atoms with Gasteiger partial charge in [-0.1, -0.05) is 222 Å². The third-order valence-corrected chi connectivity index (χ3v) is 34.5. The fourth-order valence-electron chi connectivity index (χ4n) is 21.3. The fourth-order valence-corrected chi connectivity index (χ4v) is 22.6. The molecule has 7 heterocycles. The van der Waals surface area contributed by atoms with E-state index in [-0.39, 0.29) is 121 Å². The highest BCUT2D eigenvalue weighted by molar-refractivity contribution is 6.74. The van der Waals surface area contributed by atoms with Crippen molar-refractivity contribution in [2.75, 3.05) is 173 Å². The first kappa shape index (κ1) is 120. The number of nitrogens with zero attached hydrogens (tertiary/aromatic N) is 6. The lowest BCUT2D eigenvalue weighted by molar-refractivity contribution is -0.0338. The van der Waals surface area contributed by atoms with Crippen LogP contribution in [0.2, 0.25) is 18.1 Å². The van der Waals surface area contributed by atoms with Gasteiger partial charge in [-0.2, -0.15) is 0 Å². The molecule has 7 aliphatic rings. The Morgan fingerprint density at radius 3 is 0.987 bits per heavy atom. The quantitative estimate of drug-likeness (QED) is 0.0122. The first-order chi connectivity index (χ1) is 71.4. The monoisotopic (exact) mass is 2100 g/mol. The number of morpholine rings is 4. The third-order valence-electron chi connectivity index (χ3n) is 30.0. The molecule has 0 radical (unpaired) electrons. The second-order valence-corrected chi connectivity index (χ2v) is 48.3. The van der Waals surface area contributed by atoms with Crippen LogP contribution in [-0.2, 0) is 47.1 Å². The number of carbonyl (C=O) groups is 4. The molecule has 15 rings (SSSR count). The summed E-state index contributed by atoms with van der Waals surface area (Å²) in [6, 6.07) is 51.4. The van der Waals surface area contributed by atoms with E-state index >= 15 is 13.2 Å². The van der Waals surface area contributed by atoms with Gasteiger partial charge in [0.1, 0.15) is 28.9 Å². The van der Waals surface area contributed by atoms with Crippen molar-refractivity contribution < 1.29 is 94.0 Å². The van der Waals surface area contributed by atoms with Gasteiger partial charge >= 0.3 is 24.2 Å². The van der Waals surface area contributed by atoms with Crippen LogP contribution in [0.1, 0.15) is 194 Å². The normalized spacial score (nSPS) is 21.4. The van der Waals surface area contributed by atoms with Crippen LogP contribution in [0, 0.1) is 51.0 Å². The lowest BCUT2D eigenvalue weighted by Crippen LogP contribution is -2.52. The van der Waals surface area contributed by atoms with E-state index < -0.39 is 50.3 Å². The molecular formula is C119H170F4N10O16Si. The maximum Gasteiger partial charge on any atom is 0.408 e. The molecule has 824 valence electrons. The minimum Gasteiger partial charge on any atom is -0.444 e. The number of unbranched alkanes of at least 4 members (excludes halogenated alkanes) is 4. The Hall–Kier alpha value is -9.78. The number of rotatable bonds is 35. The predicted octanol–water partition coefficient (Wildman–Crippen LogP) is 20.5. The van der Waals surface area contributed by atoms with Gasteiger partial charge in [0.05, 0.1) is 75.2 Å². The van der Waals surface area contributed by atoms with Crippen molar-refractivity contribution in [2.24, 2.45) is 11.5 Å². The molecule has 14 atom stereocenters. The van der Waals surface area contributed by atoms with Crippen molar-refractivity contribution in [3.05, 3.63) is 238 Å². The number of aliphatic hydroxyl groups excluding tert-OH is 2. The molecule has 26 nitrogen and oxygen atoms in total. The number of aryl methyl sites for hydroxylation is 4. The van der Waals surface area contributed by atoms with E-state index in [9.17, 15) is 33.8 Å². The molecule has 7 saturated heterocycles. The molecule has 0 saturated carbocycles. The number of ether oxygens (including phenoxy) is 9. The van der Waals surface area contributed by atoms with Gasteiger partial charge in [0.15, 0.2) is 8.32 Å². The number of amides is 7. The summed E-state index contributed by atoms with van der Waals surface area (Å²) in [6.07, 6.45) is 7.47. The molecule has 8 aromatic rings. The van der Waals surface area contributed by atoms with Gasteiger partial charge in [-0.05, 0) is 187 Å². The summed E-state index contributed by atoms with van der Waals surface area (Å²) in [7, 11) is 4.56. The first-order valence-electron chi connectivity index (χ1n) is 53.6. The number of aliphatic hydroxyl groups is 2. The smallest absolute Gasteiger partial charge is 0.408 e. The lowest BCUT2D eigenvalue weighted by atomic mass is 9.82. The Morgan fingerprint density at radius 1 is 0.413 bits per heavy atom. The molecule has 8 aromatic carbocycles. The predicted molar refractivity (Wildman–Crippen MR) is 588 cm³/mol. The second-order valence-electron chi connectivity index (χ2n) is 43.5. The van der Waals surface area contributed by atoms with E-state index in [0.717, 1.165) is 164 Å². The van der Waals surface area contributed by atoms with E-state index in [0.29, 0.717) is 134 Å². The zero-order valence-electron chi connectivity index (χ0n) is 90.8. The second kappa shape index (κ2) is 58.0. The zero-order chi connectivity index (χ0) is 107. The van der Waals surface area contributed by atoms with E-state index in [2.05, 4.69) is 56.6 Å². The van der Waals surface area contributed by atoms with Gasteiger partial charge in [0, 0.05) is 205 Å². The van der Waals surface area contributed by atoms with Crippen LogP contribution in [0.25, 0.3) is 44.5 Å². The van der Waals surface area contributed by atoms with E-state index in [1.807, 2.05) is 169 Å². The molecule has 7 fully saturated rings. The van der Waals surface area contributed by atoms with Crippen molar-refractivity contribution in [3.8, 4) is 44.5 Å². The van der Waals surface area contributed by atoms with Crippen molar-refractivity contribution in [3.63, 3.8) is 0 Å². The van der Waals surface area contributed by atoms with Gasteiger partial charge in [-0.15, -0.1) is 0 Å². The summed E-state index contributed by atoms with van der Waals surface area (Å²) in [5.41, 5.74) is 25.2. The summed E-state index contributed by atoms with van der Waals surface area (Å²) in [6.45, 7) is 35.1. The molecule has 0 aromatic heterocycles. The number of nitrogens with two attached hydrogens (primary N) is 2. The largest absolute Gasteiger partial charge is 0.444 e. The first-order valence-corrected chi connectivity index (χ1v) is 56.5. The van der Waals surface area contributed by atoms with Crippen molar-refractivity contribution in [1.82, 2.24) is 40.0 Å². The van der Waals surface area contributed by atoms with Gasteiger partial charge in [0.2, 0.25) is 0 Å². The summed E-state index contributed by atoms with van der Waals surface area (Å²) in [5, 5.41) is 26.4. The Bertz CT molecular complexity index is 5390. The number of hydrogen-bond donors (Lipinski definition) is 6. The molecule has 31 heteroatoms. The number of urea groups is 3. The standard InChI is InChI=1S/C39H60FN3O6Si.2C28H38FN3O4.C23H30FNO2.CH4/c1-27-15-13-16-28(23-27)35-30(18-14-19-31(35)40)29(17-11-12-21-46-8)33-25-42(20-22-47-33)37(45)43-24-32(41-36(44)48-38(2,3)4)34(26-43)49-50(9,10)39(5,6)7;2*1-19-7-5-8-20(15-19)27-22(10-6-11-23(27)29)21(9-3-4-13-35-2)26-18-31(12-14-36-26)28(34)32-16-24(30)25(33)17-32;1-17-7-5-8-18(15-17)23-20(10-6-11-21(23)24)19(9-3-4-13-26-2)22-16-25-12-14-27-22;/h13-16,18-19,23,29,32-34H,11-12,17,20-22,24-26H2,1-10H3,(H,41,44);2*5-8,10-11,15,21,24-26,33H,3-4,9,12-14,16-18,30H2,1-2H3;5-8,10-11,15,19,22,25H,3-4,9,12-14,16H2,1-2H3;1H4/t29?,32-,33-,34+;21-,24+,25-,26+;21-,24-,25+,26-;19?,22-;/m1011./s1. The molecule has 0 bridgehead atoms. The average molecular weight is 2100 g/mol. The maximum absolute atomic E-state index is 15.7. The van der Waals surface area contributed by atoms with E-state index in [4.69, 9.17) is 58.5 Å². The van der Waals surface area contributed by atoms with Gasteiger partial charge in [-0.3, -0.25) is 0 Å². The maximum atomic E-state index is 15.7. The fraction of sp³-hybridized carbons (Fsp3) is 0.563. The summed E-state index contributed by atoms with van der Waals surface area (Å²) in [5.74, 6) is -1.15. The number of benzene rings is 8. The summed E-state index contributed by atoms with van der Waals surface area (Å²) < 4.78 is 120. The Balaban J connectivity index is 0.000000193.